The number of aliphatic hydroxyl groups excluding tert-OH is 2. The van der Waals surface area contributed by atoms with Crippen molar-refractivity contribution in [3.63, 3.8) is 0 Å². The second-order valence-corrected chi connectivity index (χ2v) is 27.6. The van der Waals surface area contributed by atoms with Crippen molar-refractivity contribution in [1.82, 2.24) is 25.3 Å². The van der Waals surface area contributed by atoms with Gasteiger partial charge in [0.1, 0.15) is 6.04 Å². The molecule has 0 spiro atoms. The zero-order valence-electron chi connectivity index (χ0n) is 49.7. The van der Waals surface area contributed by atoms with Crippen molar-refractivity contribution in [1.29, 1.82) is 0 Å². The summed E-state index contributed by atoms with van der Waals surface area (Å²) < 4.78 is 12.3. The number of carbonyl (C=O) groups excluding carboxylic acids is 4. The summed E-state index contributed by atoms with van der Waals surface area (Å²) in [7, 11) is 8.74. The summed E-state index contributed by atoms with van der Waals surface area (Å²) >= 11 is 0. The van der Waals surface area contributed by atoms with Gasteiger partial charge in [-0.3, -0.25) is 24.1 Å². The van der Waals surface area contributed by atoms with Crippen LogP contribution >= 0.6 is 0 Å². The van der Waals surface area contributed by atoms with Gasteiger partial charge in [0.25, 0.3) is 0 Å². The Morgan fingerprint density at radius 3 is 2.05 bits per heavy atom. The molecule has 6 fully saturated rings. The minimum absolute atomic E-state index is 0.0190. The fourth-order valence-electron chi connectivity index (χ4n) is 18.4. The summed E-state index contributed by atoms with van der Waals surface area (Å²) in [4.78, 5) is 62.4. The number of ether oxygens (including phenoxy) is 2. The van der Waals surface area contributed by atoms with Crippen LogP contribution in [0.5, 0.6) is 0 Å². The Hall–Kier alpha value is -2.58. The molecule has 0 unspecified atom stereocenters. The Labute approximate surface area is 449 Å². The Bertz CT molecular complexity index is 1990. The molecule has 0 aromatic heterocycles. The molecule has 4 amide bonds. The second kappa shape index (κ2) is 23.4. The van der Waals surface area contributed by atoms with E-state index in [2.05, 4.69) is 59.1 Å². The molecule has 0 bridgehead atoms. The topological polar surface area (TPSA) is 161 Å². The molecule has 13 heteroatoms. The first-order valence-electron chi connectivity index (χ1n) is 29.4. The van der Waals surface area contributed by atoms with Crippen molar-refractivity contribution >= 4 is 23.6 Å². The van der Waals surface area contributed by atoms with Gasteiger partial charge in [-0.05, 0) is 166 Å². The Balaban J connectivity index is 1.12. The number of fused-ring (bicyclic) bond motifs is 7. The van der Waals surface area contributed by atoms with Crippen molar-refractivity contribution in [2.45, 2.75) is 215 Å². The molecule has 6 aliphatic rings. The summed E-state index contributed by atoms with van der Waals surface area (Å²) in [6, 6.07) is -1.92. The number of hydrogen-bond donors (Lipinski definition) is 4. The number of hydrogen-bond acceptors (Lipinski definition) is 9. The predicted molar refractivity (Wildman–Crippen MR) is 295 cm³/mol. The van der Waals surface area contributed by atoms with Crippen LogP contribution in [0.25, 0.3) is 0 Å². The maximum Gasteiger partial charge on any atom is 0.245 e. The summed E-state index contributed by atoms with van der Waals surface area (Å²) in [6.07, 6.45) is 11.7. The second-order valence-electron chi connectivity index (χ2n) is 27.6. The Kier molecular flexibility index (Phi) is 19.2. The fourth-order valence-corrected chi connectivity index (χ4v) is 18.4. The highest BCUT2D eigenvalue weighted by molar-refractivity contribution is 5.90. The smallest absolute Gasteiger partial charge is 0.245 e. The number of methoxy groups -OCH3 is 2. The van der Waals surface area contributed by atoms with Gasteiger partial charge < -0.3 is 40.1 Å². The highest BCUT2D eigenvalue weighted by Crippen LogP contribution is 2.77. The van der Waals surface area contributed by atoms with Gasteiger partial charge in [0.05, 0.1) is 48.8 Å². The molecule has 0 aromatic rings. The molecule has 1 aliphatic heterocycles. The molecule has 4 N–H and O–H groups in total. The third-order valence-corrected chi connectivity index (χ3v) is 22.9. The third-order valence-electron chi connectivity index (χ3n) is 22.9. The number of aliphatic hydroxyl groups is 2. The number of amides is 4. The van der Waals surface area contributed by atoms with E-state index in [-0.39, 0.29) is 99.5 Å². The highest BCUT2D eigenvalue weighted by atomic mass is 16.5. The van der Waals surface area contributed by atoms with Crippen molar-refractivity contribution in [2.75, 3.05) is 55.1 Å². The number of nitrogens with zero attached hydrogens (tertiary/aromatic N) is 3. The van der Waals surface area contributed by atoms with Crippen LogP contribution in [-0.2, 0) is 28.7 Å². The van der Waals surface area contributed by atoms with Gasteiger partial charge in [0.15, 0.2) is 0 Å². The minimum Gasteiger partial charge on any atom is -0.396 e. The van der Waals surface area contributed by atoms with Crippen LogP contribution in [0.4, 0.5) is 0 Å². The molecular weight excluding hydrogens is 931 g/mol. The lowest BCUT2D eigenvalue weighted by Crippen LogP contribution is -2.66. The van der Waals surface area contributed by atoms with E-state index >= 15 is 0 Å². The van der Waals surface area contributed by atoms with Crippen LogP contribution in [-0.4, -0.2) is 146 Å². The van der Waals surface area contributed by atoms with Gasteiger partial charge in [-0.15, -0.1) is 0 Å². The first kappa shape index (κ1) is 60.6. The van der Waals surface area contributed by atoms with Gasteiger partial charge in [0, 0.05) is 41.0 Å². The molecule has 424 valence electrons. The normalized spacial score (nSPS) is 36.4. The van der Waals surface area contributed by atoms with Crippen LogP contribution in [0.1, 0.15) is 173 Å². The molecule has 1 saturated heterocycles. The summed E-state index contributed by atoms with van der Waals surface area (Å²) in [5, 5.41) is 28.9. The van der Waals surface area contributed by atoms with E-state index in [9.17, 15) is 29.4 Å². The maximum atomic E-state index is 14.6. The Morgan fingerprint density at radius 2 is 1.47 bits per heavy atom. The number of nitrogens with one attached hydrogen (secondary N) is 2. The number of rotatable bonds is 21. The molecule has 18 atom stereocenters. The lowest BCUT2D eigenvalue weighted by molar-refractivity contribution is -0.249. The average molecular weight is 1040 g/mol. The molecule has 13 nitrogen and oxygen atoms in total. The lowest BCUT2D eigenvalue weighted by Gasteiger charge is -2.73. The van der Waals surface area contributed by atoms with Crippen LogP contribution < -0.4 is 10.6 Å². The number of carbonyl (C=O) groups is 4. The zero-order chi connectivity index (χ0) is 55.2. The first-order chi connectivity index (χ1) is 34.6. The van der Waals surface area contributed by atoms with E-state index in [0.29, 0.717) is 43.2 Å². The summed E-state index contributed by atoms with van der Waals surface area (Å²) in [6.45, 7) is 32.2. The van der Waals surface area contributed by atoms with Gasteiger partial charge in [-0.1, -0.05) is 102 Å². The monoisotopic (exact) mass is 1040 g/mol. The van der Waals surface area contributed by atoms with Gasteiger partial charge in [0.2, 0.25) is 23.6 Å². The first-order valence-corrected chi connectivity index (χ1v) is 29.4. The standard InChI is InChI=1S/C61H107N5O8/c1-19-38(6)52(65(16)56(72)50(36(2)3)63-55(71)51(37(4)5)64(14)15)44(73-17)33-48(69)66-32-20-21-43(66)53(74-18)40(8)54(70)62-34-39(7)41-24-29-61(35-67)31-30-59(12)42(49(41)61)22-23-46-58(11)27-26-47(68)57(9,10)45(58)25-28-60(46,59)13/h36-38,40-47,49-53,67-68H,7,19-35H2,1-6,8-18H3,(H,62,70)(H,63,71)/t38-,40+,41-,42+,43-,44+,45-,46+,47-,49+,50-,51-,52-,53+,58-,59+,60+,61+/m0/s1. The van der Waals surface area contributed by atoms with Gasteiger partial charge in [-0.2, -0.15) is 0 Å². The van der Waals surface area contributed by atoms with Crippen molar-refractivity contribution < 1.29 is 38.9 Å². The average Bonchev–Trinajstić information content (AvgIpc) is 3.99. The SMILES string of the molecule is C=C(CNC(=O)[C@H](C)[C@@H](OC)[C@@H]1CCCN1C(=O)C[C@@H](OC)[C@H]([C@@H](C)CC)N(C)C(=O)[C@@H](NC(=O)[C@H](C(C)C)N(C)C)C(C)C)[C@@H]1CC[C@]2(CO)CC[C@]3(C)[C@H](CC[C@@H]4[C@@]5(C)CC[C@H](O)C(C)(C)[C@@H]5CC[C@]43C)[C@@H]12. The van der Waals surface area contributed by atoms with Crippen molar-refractivity contribution in [3.05, 3.63) is 12.2 Å². The van der Waals surface area contributed by atoms with E-state index in [0.717, 1.165) is 69.8 Å². The summed E-state index contributed by atoms with van der Waals surface area (Å²) in [5.41, 5.74) is 1.31. The van der Waals surface area contributed by atoms with E-state index in [1.54, 1.807) is 26.2 Å². The molecule has 1 heterocycles. The quantitative estimate of drug-likeness (QED) is 0.0825. The van der Waals surface area contributed by atoms with E-state index < -0.39 is 36.3 Å². The molecule has 0 radical (unpaired) electrons. The van der Waals surface area contributed by atoms with Gasteiger partial charge >= 0.3 is 0 Å². The third kappa shape index (κ3) is 10.7. The Morgan fingerprint density at radius 1 is 0.797 bits per heavy atom. The van der Waals surface area contributed by atoms with Crippen LogP contribution in [0, 0.1) is 80.3 Å². The van der Waals surface area contributed by atoms with Gasteiger partial charge in [-0.25, -0.2) is 0 Å². The van der Waals surface area contributed by atoms with E-state index in [4.69, 9.17) is 16.1 Å². The van der Waals surface area contributed by atoms with Crippen LogP contribution in [0.3, 0.4) is 0 Å². The molecule has 5 aliphatic carbocycles. The van der Waals surface area contributed by atoms with Crippen molar-refractivity contribution in [2.24, 2.45) is 80.3 Å². The van der Waals surface area contributed by atoms with Crippen LogP contribution in [0.2, 0.25) is 0 Å². The molecule has 0 aromatic carbocycles. The highest BCUT2D eigenvalue weighted by Gasteiger charge is 2.71. The number of likely N-dealkylation sites (tertiary alicyclic amines) is 1. The van der Waals surface area contributed by atoms with E-state index in [1.807, 2.05) is 58.5 Å². The minimum atomic E-state index is -0.761. The number of likely N-dealkylation sites (N-methyl/N-ethyl adjacent to an activating group) is 2. The lowest BCUT2D eigenvalue weighted by atomic mass is 9.32. The van der Waals surface area contributed by atoms with Crippen LogP contribution in [0.15, 0.2) is 12.2 Å². The molecule has 6 rings (SSSR count). The largest absolute Gasteiger partial charge is 0.396 e. The van der Waals surface area contributed by atoms with E-state index in [1.165, 1.54) is 12.8 Å². The maximum absolute atomic E-state index is 14.6. The summed E-state index contributed by atoms with van der Waals surface area (Å²) in [5.74, 6) is 0.750. The van der Waals surface area contributed by atoms with Crippen molar-refractivity contribution in [3.8, 4) is 0 Å². The molecular formula is C61H107N5O8. The zero-order valence-corrected chi connectivity index (χ0v) is 49.7. The fraction of sp³-hybridized carbons (Fsp3) is 0.902. The molecule has 74 heavy (non-hydrogen) atoms. The molecule has 5 saturated carbocycles. The predicted octanol–water partition coefficient (Wildman–Crippen LogP) is 8.74.